The van der Waals surface area contributed by atoms with Crippen LogP contribution < -0.4 is 5.32 Å². The number of amides is 1. The molecule has 3 atom stereocenters. The number of hydrogen-bond donors (Lipinski definition) is 1. The lowest BCUT2D eigenvalue weighted by Crippen LogP contribution is -2.41. The first-order valence-electron chi connectivity index (χ1n) is 9.08. The molecule has 4 nitrogen and oxygen atoms in total. The maximum atomic E-state index is 12.7. The van der Waals surface area contributed by atoms with Gasteiger partial charge in [-0.1, -0.05) is 63.4 Å². The second-order valence-corrected chi connectivity index (χ2v) is 6.84. The van der Waals surface area contributed by atoms with Crippen molar-refractivity contribution < 1.29 is 14.3 Å². The monoisotopic (exact) mass is 331 g/mol. The first-order chi connectivity index (χ1) is 11.5. The van der Waals surface area contributed by atoms with Crippen LogP contribution in [0.1, 0.15) is 64.4 Å². The molecule has 1 fully saturated rings. The van der Waals surface area contributed by atoms with Crippen molar-refractivity contribution in [3.63, 3.8) is 0 Å². The van der Waals surface area contributed by atoms with Crippen molar-refractivity contribution in [2.24, 2.45) is 5.92 Å². The van der Waals surface area contributed by atoms with E-state index in [1.165, 1.54) is 0 Å². The molecule has 2 rings (SSSR count). The molecule has 1 aromatic carbocycles. The smallest absolute Gasteiger partial charge is 0.314 e. The van der Waals surface area contributed by atoms with Crippen LogP contribution in [-0.2, 0) is 14.3 Å². The standard InChI is InChI=1S/C20H29NO3/c1-4-14(2)18(16-10-6-5-7-11-16)20(23)24-15(3)19(22)21-17-12-8-9-13-17/h5-7,10-11,14-15,17-18H,4,8-9,12-13H2,1-3H3,(H,21,22)/t14-,15+,18+/m1/s1. The zero-order chi connectivity index (χ0) is 17.5. The molecule has 0 saturated heterocycles. The van der Waals surface area contributed by atoms with Crippen LogP contribution in [0.3, 0.4) is 0 Å². The molecule has 1 amide bonds. The molecule has 0 bridgehead atoms. The number of carbonyl (C=O) groups excluding carboxylic acids is 2. The van der Waals surface area contributed by atoms with Gasteiger partial charge in [0.15, 0.2) is 6.10 Å². The Balaban J connectivity index is 1.99. The van der Waals surface area contributed by atoms with Crippen LogP contribution in [0.4, 0.5) is 0 Å². The molecule has 132 valence electrons. The fourth-order valence-electron chi connectivity index (χ4n) is 3.28. The van der Waals surface area contributed by atoms with E-state index in [9.17, 15) is 9.59 Å². The second kappa shape index (κ2) is 8.86. The highest BCUT2D eigenvalue weighted by Crippen LogP contribution is 2.28. The van der Waals surface area contributed by atoms with E-state index in [0.717, 1.165) is 37.7 Å². The van der Waals surface area contributed by atoms with E-state index in [2.05, 4.69) is 12.2 Å². The fourth-order valence-corrected chi connectivity index (χ4v) is 3.28. The maximum absolute atomic E-state index is 12.7. The van der Waals surface area contributed by atoms with Gasteiger partial charge in [-0.2, -0.15) is 0 Å². The Bertz CT molecular complexity index is 537. The molecule has 1 aromatic rings. The second-order valence-electron chi connectivity index (χ2n) is 6.84. The lowest BCUT2D eigenvalue weighted by atomic mass is 9.85. The van der Waals surface area contributed by atoms with Gasteiger partial charge in [-0.05, 0) is 31.2 Å². The Morgan fingerprint density at radius 1 is 1.17 bits per heavy atom. The van der Waals surface area contributed by atoms with Gasteiger partial charge in [-0.15, -0.1) is 0 Å². The lowest BCUT2D eigenvalue weighted by Gasteiger charge is -2.24. The summed E-state index contributed by atoms with van der Waals surface area (Å²) in [5, 5.41) is 2.99. The first-order valence-corrected chi connectivity index (χ1v) is 9.08. The minimum atomic E-state index is -0.756. The normalized spacial score (nSPS) is 18.6. The Hall–Kier alpha value is -1.84. The van der Waals surface area contributed by atoms with Crippen molar-refractivity contribution in [3.8, 4) is 0 Å². The van der Waals surface area contributed by atoms with E-state index in [1.807, 2.05) is 37.3 Å². The zero-order valence-electron chi connectivity index (χ0n) is 15.0. The number of rotatable bonds is 7. The van der Waals surface area contributed by atoms with Crippen molar-refractivity contribution in [2.75, 3.05) is 0 Å². The van der Waals surface area contributed by atoms with E-state index in [1.54, 1.807) is 6.92 Å². The fraction of sp³-hybridized carbons (Fsp3) is 0.600. The Labute approximate surface area is 145 Å². The van der Waals surface area contributed by atoms with Crippen LogP contribution in [0.5, 0.6) is 0 Å². The largest absolute Gasteiger partial charge is 0.452 e. The molecule has 4 heteroatoms. The molecule has 0 aliphatic heterocycles. The van der Waals surface area contributed by atoms with Crippen LogP contribution in [-0.4, -0.2) is 24.0 Å². The summed E-state index contributed by atoms with van der Waals surface area (Å²) in [6.07, 6.45) is 4.47. The molecule has 0 spiro atoms. The number of ether oxygens (including phenoxy) is 1. The van der Waals surface area contributed by atoms with Crippen molar-refractivity contribution in [2.45, 2.75) is 70.9 Å². The highest BCUT2D eigenvalue weighted by Gasteiger charge is 2.30. The van der Waals surface area contributed by atoms with Gasteiger partial charge in [0.25, 0.3) is 5.91 Å². The van der Waals surface area contributed by atoms with E-state index in [0.29, 0.717) is 0 Å². The predicted molar refractivity (Wildman–Crippen MR) is 94.6 cm³/mol. The minimum Gasteiger partial charge on any atom is -0.452 e. The summed E-state index contributed by atoms with van der Waals surface area (Å²) in [6, 6.07) is 9.91. The summed E-state index contributed by atoms with van der Waals surface area (Å²) in [7, 11) is 0. The van der Waals surface area contributed by atoms with Crippen LogP contribution in [0.15, 0.2) is 30.3 Å². The number of nitrogens with one attached hydrogen (secondary N) is 1. The van der Waals surface area contributed by atoms with E-state index < -0.39 is 6.10 Å². The molecule has 1 N–H and O–H groups in total. The highest BCUT2D eigenvalue weighted by molar-refractivity contribution is 5.85. The molecular formula is C20H29NO3. The summed E-state index contributed by atoms with van der Waals surface area (Å²) in [5.41, 5.74) is 0.945. The predicted octanol–water partition coefficient (Wildman–Crippen LogP) is 3.81. The van der Waals surface area contributed by atoms with Crippen LogP contribution in [0, 0.1) is 5.92 Å². The zero-order valence-corrected chi connectivity index (χ0v) is 15.0. The molecule has 1 saturated carbocycles. The van der Waals surface area contributed by atoms with Gasteiger partial charge in [-0.25, -0.2) is 0 Å². The van der Waals surface area contributed by atoms with Gasteiger partial charge in [0.2, 0.25) is 0 Å². The number of carbonyl (C=O) groups is 2. The van der Waals surface area contributed by atoms with Gasteiger partial charge < -0.3 is 10.1 Å². The van der Waals surface area contributed by atoms with Gasteiger partial charge in [0.05, 0.1) is 5.92 Å². The SMILES string of the molecule is CC[C@@H](C)[C@H](C(=O)O[C@@H](C)C(=O)NC1CCCC1)c1ccccc1. The van der Waals surface area contributed by atoms with E-state index >= 15 is 0 Å². The van der Waals surface area contributed by atoms with Crippen LogP contribution in [0.25, 0.3) is 0 Å². The van der Waals surface area contributed by atoms with Gasteiger partial charge in [-0.3, -0.25) is 9.59 Å². The molecule has 1 aliphatic rings. The Kier molecular flexibility index (Phi) is 6.83. The summed E-state index contributed by atoms with van der Waals surface area (Å²) in [6.45, 7) is 5.76. The minimum absolute atomic E-state index is 0.157. The molecule has 24 heavy (non-hydrogen) atoms. The average Bonchev–Trinajstić information content (AvgIpc) is 3.08. The quantitative estimate of drug-likeness (QED) is 0.773. The summed E-state index contributed by atoms with van der Waals surface area (Å²) in [5.74, 6) is -0.682. The molecular weight excluding hydrogens is 302 g/mol. The summed E-state index contributed by atoms with van der Waals surface area (Å²) < 4.78 is 5.51. The van der Waals surface area contributed by atoms with Gasteiger partial charge >= 0.3 is 5.97 Å². The number of hydrogen-bond acceptors (Lipinski definition) is 3. The third kappa shape index (κ3) is 4.83. The topological polar surface area (TPSA) is 55.4 Å². The molecule has 0 heterocycles. The number of benzene rings is 1. The van der Waals surface area contributed by atoms with Crippen molar-refractivity contribution >= 4 is 11.9 Å². The highest BCUT2D eigenvalue weighted by atomic mass is 16.5. The number of esters is 1. The van der Waals surface area contributed by atoms with Gasteiger partial charge in [0, 0.05) is 6.04 Å². The van der Waals surface area contributed by atoms with E-state index in [-0.39, 0.29) is 29.8 Å². The average molecular weight is 331 g/mol. The van der Waals surface area contributed by atoms with Gasteiger partial charge in [0.1, 0.15) is 0 Å². The first kappa shape index (κ1) is 18.5. The van der Waals surface area contributed by atoms with Crippen LogP contribution >= 0.6 is 0 Å². The molecule has 0 aromatic heterocycles. The lowest BCUT2D eigenvalue weighted by molar-refractivity contribution is -0.157. The van der Waals surface area contributed by atoms with Crippen molar-refractivity contribution in [1.82, 2.24) is 5.32 Å². The maximum Gasteiger partial charge on any atom is 0.314 e. The third-order valence-electron chi connectivity index (χ3n) is 4.99. The van der Waals surface area contributed by atoms with Crippen LogP contribution in [0.2, 0.25) is 0 Å². The Morgan fingerprint density at radius 3 is 2.38 bits per heavy atom. The van der Waals surface area contributed by atoms with Crippen molar-refractivity contribution in [1.29, 1.82) is 0 Å². The van der Waals surface area contributed by atoms with E-state index in [4.69, 9.17) is 4.74 Å². The molecule has 1 aliphatic carbocycles. The summed E-state index contributed by atoms with van der Waals surface area (Å²) >= 11 is 0. The Morgan fingerprint density at radius 2 is 1.79 bits per heavy atom. The van der Waals surface area contributed by atoms with Crippen molar-refractivity contribution in [3.05, 3.63) is 35.9 Å². The molecule has 0 unspecified atom stereocenters. The third-order valence-corrected chi connectivity index (χ3v) is 4.99. The summed E-state index contributed by atoms with van der Waals surface area (Å²) in [4.78, 5) is 24.9. The molecule has 0 radical (unpaired) electrons.